The Balaban J connectivity index is 2.23. The van der Waals surface area contributed by atoms with E-state index in [0.717, 1.165) is 19.1 Å². The van der Waals surface area contributed by atoms with Crippen LogP contribution >= 0.6 is 0 Å². The molecule has 84 valence electrons. The van der Waals surface area contributed by atoms with Gasteiger partial charge in [0.15, 0.2) is 0 Å². The molecule has 1 fully saturated rings. The van der Waals surface area contributed by atoms with Gasteiger partial charge in [-0.05, 0) is 26.2 Å². The summed E-state index contributed by atoms with van der Waals surface area (Å²) in [6, 6.07) is 0. The van der Waals surface area contributed by atoms with Gasteiger partial charge in [0, 0.05) is 25.2 Å². The Morgan fingerprint density at radius 1 is 1.43 bits per heavy atom. The maximum atomic E-state index is 5.41. The molecule has 1 atom stereocenters. The molecule has 1 unspecified atom stereocenters. The molecule has 0 spiro atoms. The third kappa shape index (κ3) is 3.23. The highest BCUT2D eigenvalue weighted by Gasteiger charge is 2.35. The molecule has 1 saturated heterocycles. The zero-order valence-corrected chi connectivity index (χ0v) is 9.75. The summed E-state index contributed by atoms with van der Waals surface area (Å²) in [5, 5.41) is 0. The van der Waals surface area contributed by atoms with E-state index < -0.39 is 0 Å². The average molecular weight is 200 g/mol. The standard InChI is InChI=1S/C11H24N2O/c1-10-8-11(2,3)13(9-10)5-7-14-6-4-12/h10H,4-9,12H2,1-3H3. The predicted molar refractivity (Wildman–Crippen MR) is 59.3 cm³/mol. The van der Waals surface area contributed by atoms with Gasteiger partial charge in [-0.3, -0.25) is 4.90 Å². The van der Waals surface area contributed by atoms with Crippen molar-refractivity contribution in [1.82, 2.24) is 4.90 Å². The van der Waals surface area contributed by atoms with Gasteiger partial charge in [0.1, 0.15) is 0 Å². The molecule has 1 aliphatic heterocycles. The Morgan fingerprint density at radius 3 is 2.64 bits per heavy atom. The first kappa shape index (κ1) is 12.0. The van der Waals surface area contributed by atoms with E-state index in [4.69, 9.17) is 10.5 Å². The van der Waals surface area contributed by atoms with Crippen molar-refractivity contribution in [2.45, 2.75) is 32.7 Å². The molecule has 1 aliphatic rings. The summed E-state index contributed by atoms with van der Waals surface area (Å²) in [6.45, 7) is 11.3. The molecule has 0 aromatic heterocycles. The molecule has 3 heteroatoms. The van der Waals surface area contributed by atoms with Crippen molar-refractivity contribution in [2.24, 2.45) is 11.7 Å². The van der Waals surface area contributed by atoms with Crippen molar-refractivity contribution in [2.75, 3.05) is 32.8 Å². The van der Waals surface area contributed by atoms with Crippen LogP contribution < -0.4 is 5.73 Å². The third-order valence-electron chi connectivity index (χ3n) is 3.00. The molecule has 0 amide bonds. The van der Waals surface area contributed by atoms with Crippen LogP contribution in [0.15, 0.2) is 0 Å². The van der Waals surface area contributed by atoms with E-state index in [2.05, 4.69) is 25.7 Å². The van der Waals surface area contributed by atoms with Crippen molar-refractivity contribution >= 4 is 0 Å². The lowest BCUT2D eigenvalue weighted by molar-refractivity contribution is 0.0836. The molecule has 0 saturated carbocycles. The monoisotopic (exact) mass is 200 g/mol. The quantitative estimate of drug-likeness (QED) is 0.675. The number of ether oxygens (including phenoxy) is 1. The highest BCUT2D eigenvalue weighted by Crippen LogP contribution is 2.31. The van der Waals surface area contributed by atoms with Crippen LogP contribution in [-0.2, 0) is 4.74 Å². The van der Waals surface area contributed by atoms with Crippen LogP contribution in [0.5, 0.6) is 0 Å². The van der Waals surface area contributed by atoms with Crippen LogP contribution in [0, 0.1) is 5.92 Å². The van der Waals surface area contributed by atoms with E-state index in [-0.39, 0.29) is 0 Å². The lowest BCUT2D eigenvalue weighted by Crippen LogP contribution is -2.40. The van der Waals surface area contributed by atoms with Gasteiger partial charge in [0.25, 0.3) is 0 Å². The van der Waals surface area contributed by atoms with E-state index in [0.29, 0.717) is 18.7 Å². The smallest absolute Gasteiger partial charge is 0.0594 e. The minimum atomic E-state index is 0.353. The van der Waals surface area contributed by atoms with Crippen LogP contribution in [0.3, 0.4) is 0 Å². The lowest BCUT2D eigenvalue weighted by Gasteiger charge is -2.31. The first-order valence-electron chi connectivity index (χ1n) is 5.59. The largest absolute Gasteiger partial charge is 0.379 e. The Bertz CT molecular complexity index is 171. The van der Waals surface area contributed by atoms with Crippen molar-refractivity contribution in [3.05, 3.63) is 0 Å². The van der Waals surface area contributed by atoms with Crippen LogP contribution in [0.25, 0.3) is 0 Å². The summed E-state index contributed by atoms with van der Waals surface area (Å²) < 4.78 is 5.41. The summed E-state index contributed by atoms with van der Waals surface area (Å²) in [5.41, 5.74) is 5.71. The molecule has 0 aromatic carbocycles. The number of nitrogens with zero attached hydrogens (tertiary/aromatic N) is 1. The minimum Gasteiger partial charge on any atom is -0.379 e. The number of rotatable bonds is 5. The second-order valence-electron chi connectivity index (χ2n) is 4.97. The molecule has 0 aromatic rings. The van der Waals surface area contributed by atoms with Gasteiger partial charge in [0.05, 0.1) is 13.2 Å². The second kappa shape index (κ2) is 5.10. The van der Waals surface area contributed by atoms with E-state index in [1.165, 1.54) is 13.0 Å². The van der Waals surface area contributed by atoms with Crippen LogP contribution in [0.4, 0.5) is 0 Å². The van der Waals surface area contributed by atoms with Crippen molar-refractivity contribution in [3.8, 4) is 0 Å². The van der Waals surface area contributed by atoms with Crippen LogP contribution in [0.1, 0.15) is 27.2 Å². The molecule has 1 rings (SSSR count). The summed E-state index contributed by atoms with van der Waals surface area (Å²) in [7, 11) is 0. The zero-order chi connectivity index (χ0) is 10.6. The highest BCUT2D eigenvalue weighted by atomic mass is 16.5. The molecule has 14 heavy (non-hydrogen) atoms. The minimum absolute atomic E-state index is 0.353. The van der Waals surface area contributed by atoms with E-state index in [1.807, 2.05) is 0 Å². The van der Waals surface area contributed by atoms with Gasteiger partial charge in [-0.2, -0.15) is 0 Å². The maximum Gasteiger partial charge on any atom is 0.0594 e. The zero-order valence-electron chi connectivity index (χ0n) is 9.75. The lowest BCUT2D eigenvalue weighted by atomic mass is 9.98. The number of likely N-dealkylation sites (tertiary alicyclic amines) is 1. The normalized spacial score (nSPS) is 27.0. The molecule has 0 radical (unpaired) electrons. The van der Waals surface area contributed by atoms with Crippen LogP contribution in [-0.4, -0.2) is 43.3 Å². The van der Waals surface area contributed by atoms with Gasteiger partial charge < -0.3 is 10.5 Å². The highest BCUT2D eigenvalue weighted by molar-refractivity contribution is 4.90. The topological polar surface area (TPSA) is 38.5 Å². The third-order valence-corrected chi connectivity index (χ3v) is 3.00. The molecule has 1 heterocycles. The first-order valence-corrected chi connectivity index (χ1v) is 5.59. The number of hydrogen-bond acceptors (Lipinski definition) is 3. The van der Waals surface area contributed by atoms with Gasteiger partial charge in [0.2, 0.25) is 0 Å². The molecule has 0 aliphatic carbocycles. The summed E-state index contributed by atoms with van der Waals surface area (Å²) >= 11 is 0. The Morgan fingerprint density at radius 2 is 2.14 bits per heavy atom. The maximum absolute atomic E-state index is 5.41. The second-order valence-corrected chi connectivity index (χ2v) is 4.97. The SMILES string of the molecule is CC1CN(CCOCCN)C(C)(C)C1. The fourth-order valence-electron chi connectivity index (χ4n) is 2.42. The average Bonchev–Trinajstić information content (AvgIpc) is 2.33. The van der Waals surface area contributed by atoms with E-state index >= 15 is 0 Å². The number of hydrogen-bond donors (Lipinski definition) is 1. The van der Waals surface area contributed by atoms with Gasteiger partial charge >= 0.3 is 0 Å². The fraction of sp³-hybridized carbons (Fsp3) is 1.00. The predicted octanol–water partition coefficient (Wildman–Crippen LogP) is 1.08. The first-order chi connectivity index (χ1) is 6.56. The van der Waals surface area contributed by atoms with Crippen molar-refractivity contribution in [1.29, 1.82) is 0 Å². The molecule has 2 N–H and O–H groups in total. The van der Waals surface area contributed by atoms with Crippen molar-refractivity contribution in [3.63, 3.8) is 0 Å². The summed E-state index contributed by atoms with van der Waals surface area (Å²) in [5.74, 6) is 0.819. The van der Waals surface area contributed by atoms with Gasteiger partial charge in [-0.1, -0.05) is 6.92 Å². The molecular formula is C11H24N2O. The van der Waals surface area contributed by atoms with Gasteiger partial charge in [-0.25, -0.2) is 0 Å². The Labute approximate surface area is 87.6 Å². The summed E-state index contributed by atoms with van der Waals surface area (Å²) in [6.07, 6.45) is 1.30. The van der Waals surface area contributed by atoms with Crippen LogP contribution in [0.2, 0.25) is 0 Å². The summed E-state index contributed by atoms with van der Waals surface area (Å²) in [4.78, 5) is 2.52. The molecular weight excluding hydrogens is 176 g/mol. The number of nitrogens with two attached hydrogens (primary N) is 1. The van der Waals surface area contributed by atoms with E-state index in [1.54, 1.807) is 0 Å². The van der Waals surface area contributed by atoms with Crippen molar-refractivity contribution < 1.29 is 4.74 Å². The fourth-order valence-corrected chi connectivity index (χ4v) is 2.42. The molecule has 3 nitrogen and oxygen atoms in total. The Hall–Kier alpha value is -0.120. The Kier molecular flexibility index (Phi) is 4.35. The molecule has 0 bridgehead atoms. The van der Waals surface area contributed by atoms with E-state index in [9.17, 15) is 0 Å². The van der Waals surface area contributed by atoms with Gasteiger partial charge in [-0.15, -0.1) is 0 Å².